The van der Waals surface area contributed by atoms with Crippen LogP contribution >= 0.6 is 27.7 Å². The lowest BCUT2D eigenvalue weighted by Gasteiger charge is -2.09. The summed E-state index contributed by atoms with van der Waals surface area (Å²) in [5.74, 6) is 1.53. The number of rotatable bonds is 5. The highest BCUT2D eigenvalue weighted by atomic mass is 79.9. The molecule has 7 heteroatoms. The van der Waals surface area contributed by atoms with Crippen LogP contribution in [0.25, 0.3) is 10.9 Å². The molecule has 1 aromatic heterocycles. The molecule has 3 aromatic rings. The van der Waals surface area contributed by atoms with E-state index in [1.165, 1.54) is 18.1 Å². The number of carbonyl (C=O) groups excluding carboxylic acids is 1. The van der Waals surface area contributed by atoms with E-state index in [-0.39, 0.29) is 5.91 Å². The van der Waals surface area contributed by atoms with Crippen molar-refractivity contribution in [3.05, 3.63) is 53.3 Å². The SMILES string of the molecule is CSCC(=O)Nc1ccc(Oc2ncnc3ccc(Br)cc23)cc1. The molecule has 1 N–H and O–H groups in total. The Morgan fingerprint density at radius 2 is 2.00 bits per heavy atom. The third kappa shape index (κ3) is 4.04. The third-order valence-electron chi connectivity index (χ3n) is 3.19. The van der Waals surface area contributed by atoms with Gasteiger partial charge in [0.1, 0.15) is 12.1 Å². The molecule has 0 aliphatic heterocycles. The maximum absolute atomic E-state index is 11.6. The van der Waals surface area contributed by atoms with Crippen LogP contribution in [0.15, 0.2) is 53.3 Å². The van der Waals surface area contributed by atoms with Gasteiger partial charge in [0.25, 0.3) is 0 Å². The molecule has 0 fully saturated rings. The van der Waals surface area contributed by atoms with Crippen molar-refractivity contribution >= 4 is 50.2 Å². The Balaban J connectivity index is 1.79. The number of hydrogen-bond donors (Lipinski definition) is 1. The molecule has 0 aliphatic rings. The van der Waals surface area contributed by atoms with Crippen molar-refractivity contribution in [2.45, 2.75) is 0 Å². The number of halogens is 1. The number of aromatic nitrogens is 2. The lowest BCUT2D eigenvalue weighted by atomic mass is 10.2. The van der Waals surface area contributed by atoms with Crippen LogP contribution in [0.4, 0.5) is 5.69 Å². The smallest absolute Gasteiger partial charge is 0.234 e. The Morgan fingerprint density at radius 3 is 2.75 bits per heavy atom. The third-order valence-corrected chi connectivity index (χ3v) is 4.23. The molecule has 1 heterocycles. The average molecular weight is 404 g/mol. The van der Waals surface area contributed by atoms with Gasteiger partial charge in [-0.2, -0.15) is 11.8 Å². The number of carbonyl (C=O) groups is 1. The van der Waals surface area contributed by atoms with Crippen LogP contribution in [0.1, 0.15) is 0 Å². The Kier molecular flexibility index (Phi) is 5.32. The molecule has 2 aromatic carbocycles. The summed E-state index contributed by atoms with van der Waals surface area (Å²) >= 11 is 4.93. The molecule has 0 bridgehead atoms. The molecule has 0 saturated heterocycles. The van der Waals surface area contributed by atoms with Gasteiger partial charge < -0.3 is 10.1 Å². The highest BCUT2D eigenvalue weighted by Gasteiger charge is 2.07. The predicted octanol–water partition coefficient (Wildman–Crippen LogP) is 4.49. The zero-order chi connectivity index (χ0) is 16.9. The molecule has 3 rings (SSSR count). The first-order valence-corrected chi connectivity index (χ1v) is 9.31. The Bertz CT molecular complexity index is 871. The molecule has 0 atom stereocenters. The van der Waals surface area contributed by atoms with Gasteiger partial charge in [0.15, 0.2) is 0 Å². The quantitative estimate of drug-likeness (QED) is 0.679. The zero-order valence-corrected chi connectivity index (χ0v) is 15.2. The monoisotopic (exact) mass is 403 g/mol. The Labute approximate surface area is 152 Å². The lowest BCUT2D eigenvalue weighted by molar-refractivity contribution is -0.113. The van der Waals surface area contributed by atoms with Crippen molar-refractivity contribution in [3.63, 3.8) is 0 Å². The molecule has 0 radical (unpaired) electrons. The molecular weight excluding hydrogens is 390 g/mol. The van der Waals surface area contributed by atoms with Crippen molar-refractivity contribution in [1.29, 1.82) is 0 Å². The summed E-state index contributed by atoms with van der Waals surface area (Å²) in [4.78, 5) is 20.0. The van der Waals surface area contributed by atoms with E-state index in [4.69, 9.17) is 4.74 Å². The first-order valence-electron chi connectivity index (χ1n) is 7.12. The van der Waals surface area contributed by atoms with E-state index < -0.39 is 0 Å². The number of hydrogen-bond acceptors (Lipinski definition) is 5. The van der Waals surface area contributed by atoms with Crippen molar-refractivity contribution in [2.75, 3.05) is 17.3 Å². The van der Waals surface area contributed by atoms with Gasteiger partial charge in [0.05, 0.1) is 16.7 Å². The van der Waals surface area contributed by atoms with Crippen molar-refractivity contribution in [1.82, 2.24) is 9.97 Å². The topological polar surface area (TPSA) is 64.1 Å². The highest BCUT2D eigenvalue weighted by molar-refractivity contribution is 9.10. The van der Waals surface area contributed by atoms with Gasteiger partial charge in [0, 0.05) is 10.2 Å². The molecule has 0 saturated carbocycles. The summed E-state index contributed by atoms with van der Waals surface area (Å²) in [6, 6.07) is 12.9. The van der Waals surface area contributed by atoms with Crippen LogP contribution in [-0.4, -0.2) is 27.9 Å². The van der Waals surface area contributed by atoms with Crippen LogP contribution < -0.4 is 10.1 Å². The van der Waals surface area contributed by atoms with Crippen molar-refractivity contribution < 1.29 is 9.53 Å². The molecule has 0 spiro atoms. The lowest BCUT2D eigenvalue weighted by Crippen LogP contribution is -2.13. The number of nitrogens with one attached hydrogen (secondary N) is 1. The standard InChI is InChI=1S/C17H14BrN3O2S/c1-24-9-16(22)21-12-3-5-13(6-4-12)23-17-14-8-11(18)2-7-15(14)19-10-20-17/h2-8,10H,9H2,1H3,(H,21,22). The average Bonchev–Trinajstić information content (AvgIpc) is 2.57. The van der Waals surface area contributed by atoms with E-state index >= 15 is 0 Å². The molecular formula is C17H14BrN3O2S. The van der Waals surface area contributed by atoms with Gasteiger partial charge in [-0.1, -0.05) is 15.9 Å². The molecule has 122 valence electrons. The van der Waals surface area contributed by atoms with E-state index in [2.05, 4.69) is 31.2 Å². The number of nitrogens with zero attached hydrogens (tertiary/aromatic N) is 2. The van der Waals surface area contributed by atoms with E-state index in [1.807, 2.05) is 24.5 Å². The number of fused-ring (bicyclic) bond motifs is 1. The van der Waals surface area contributed by atoms with Gasteiger partial charge in [-0.05, 0) is 48.7 Å². The summed E-state index contributed by atoms with van der Waals surface area (Å²) in [5, 5.41) is 3.65. The van der Waals surface area contributed by atoms with Gasteiger partial charge >= 0.3 is 0 Å². The van der Waals surface area contributed by atoms with Gasteiger partial charge in [0.2, 0.25) is 11.8 Å². The van der Waals surface area contributed by atoms with Gasteiger partial charge in [-0.3, -0.25) is 4.79 Å². The van der Waals surface area contributed by atoms with Crippen molar-refractivity contribution in [3.8, 4) is 11.6 Å². The highest BCUT2D eigenvalue weighted by Crippen LogP contribution is 2.29. The number of amides is 1. The van der Waals surface area contributed by atoms with Crippen molar-refractivity contribution in [2.24, 2.45) is 0 Å². The fraction of sp³-hybridized carbons (Fsp3) is 0.118. The largest absolute Gasteiger partial charge is 0.438 e. The maximum Gasteiger partial charge on any atom is 0.234 e. The van der Waals surface area contributed by atoms with E-state index in [0.717, 1.165) is 21.1 Å². The van der Waals surface area contributed by atoms with E-state index in [0.29, 0.717) is 17.4 Å². The minimum atomic E-state index is -0.0252. The van der Waals surface area contributed by atoms with E-state index in [1.54, 1.807) is 24.3 Å². The molecule has 1 amide bonds. The van der Waals surface area contributed by atoms with Crippen LogP contribution in [0.3, 0.4) is 0 Å². The second-order valence-corrected chi connectivity index (χ2v) is 6.73. The number of anilines is 1. The fourth-order valence-electron chi connectivity index (χ4n) is 2.13. The van der Waals surface area contributed by atoms with Crippen LogP contribution in [-0.2, 0) is 4.79 Å². The molecule has 0 aliphatic carbocycles. The van der Waals surface area contributed by atoms with E-state index in [9.17, 15) is 4.79 Å². The minimum Gasteiger partial charge on any atom is -0.438 e. The first-order chi connectivity index (χ1) is 11.7. The maximum atomic E-state index is 11.6. The van der Waals surface area contributed by atoms with Crippen LogP contribution in [0, 0.1) is 0 Å². The zero-order valence-electron chi connectivity index (χ0n) is 12.8. The normalized spacial score (nSPS) is 10.6. The minimum absolute atomic E-state index is 0.0252. The van der Waals surface area contributed by atoms with Gasteiger partial charge in [-0.15, -0.1) is 0 Å². The molecule has 5 nitrogen and oxygen atoms in total. The fourth-order valence-corrected chi connectivity index (χ4v) is 2.83. The first kappa shape index (κ1) is 16.7. The summed E-state index contributed by atoms with van der Waals surface area (Å²) < 4.78 is 6.80. The second kappa shape index (κ2) is 7.63. The Morgan fingerprint density at radius 1 is 1.21 bits per heavy atom. The second-order valence-electron chi connectivity index (χ2n) is 4.95. The summed E-state index contributed by atoms with van der Waals surface area (Å²) in [5.41, 5.74) is 1.54. The summed E-state index contributed by atoms with van der Waals surface area (Å²) in [6.07, 6.45) is 3.36. The van der Waals surface area contributed by atoms with Gasteiger partial charge in [-0.25, -0.2) is 9.97 Å². The summed E-state index contributed by atoms with van der Waals surface area (Å²) in [6.45, 7) is 0. The summed E-state index contributed by atoms with van der Waals surface area (Å²) in [7, 11) is 0. The molecule has 24 heavy (non-hydrogen) atoms. The van der Waals surface area contributed by atoms with Crippen LogP contribution in [0.2, 0.25) is 0 Å². The molecule has 0 unspecified atom stereocenters. The number of benzene rings is 2. The number of thioether (sulfide) groups is 1. The van der Waals surface area contributed by atoms with Crippen LogP contribution in [0.5, 0.6) is 11.6 Å². The number of ether oxygens (including phenoxy) is 1. The predicted molar refractivity (Wildman–Crippen MR) is 101 cm³/mol. The Hall–Kier alpha value is -2.12.